The molecular weight excluding hydrogens is 308 g/mol. The molecule has 0 unspecified atom stereocenters. The van der Waals surface area contributed by atoms with Gasteiger partial charge in [0.05, 0.1) is 0 Å². The predicted octanol–water partition coefficient (Wildman–Crippen LogP) is 2.86. The lowest BCUT2D eigenvalue weighted by molar-refractivity contribution is -0.135. The van der Waals surface area contributed by atoms with Crippen molar-refractivity contribution in [2.45, 2.75) is 20.8 Å². The largest absolute Gasteiger partial charge is 0.360 e. The second kappa shape index (κ2) is 6.15. The van der Waals surface area contributed by atoms with Gasteiger partial charge in [0.25, 0.3) is 0 Å². The molecule has 0 saturated carbocycles. The molecule has 0 bridgehead atoms. The molecule has 2 aromatic rings. The number of hydrogen-bond acceptors (Lipinski definition) is 4. The number of carbonyl (C=O) groups is 2. The molecule has 23 heavy (non-hydrogen) atoms. The van der Waals surface area contributed by atoms with E-state index in [1.165, 1.54) is 26.0 Å². The molecule has 0 fully saturated rings. The summed E-state index contributed by atoms with van der Waals surface area (Å²) in [5.41, 5.74) is -2.20. The lowest BCUT2D eigenvalue weighted by Crippen LogP contribution is -2.42. The monoisotopic (exact) mass is 323 g/mol. The van der Waals surface area contributed by atoms with Crippen LogP contribution in [0.25, 0.3) is 0 Å². The zero-order valence-electron chi connectivity index (χ0n) is 12.7. The highest BCUT2D eigenvalue weighted by atomic mass is 19.1. The van der Waals surface area contributed by atoms with Crippen LogP contribution >= 0.6 is 0 Å². The van der Waals surface area contributed by atoms with Crippen LogP contribution in [-0.4, -0.2) is 17.0 Å². The van der Waals surface area contributed by atoms with Crippen LogP contribution in [0.3, 0.4) is 0 Å². The molecule has 1 heterocycles. The van der Waals surface area contributed by atoms with Gasteiger partial charge in [-0.1, -0.05) is 11.2 Å². The number of para-hydroxylation sites is 1. The first-order chi connectivity index (χ1) is 10.7. The van der Waals surface area contributed by atoms with Crippen molar-refractivity contribution in [1.82, 2.24) is 5.16 Å². The number of anilines is 2. The van der Waals surface area contributed by atoms with Gasteiger partial charge < -0.3 is 15.2 Å². The number of aryl methyl sites for hydroxylation is 1. The topological polar surface area (TPSA) is 84.2 Å². The molecule has 0 spiro atoms. The van der Waals surface area contributed by atoms with Gasteiger partial charge in [-0.05, 0) is 32.9 Å². The minimum atomic E-state index is -1.60. The summed E-state index contributed by atoms with van der Waals surface area (Å²) in [5.74, 6) is -2.79. The Morgan fingerprint density at radius 3 is 2.22 bits per heavy atom. The maximum absolute atomic E-state index is 13.6. The fourth-order valence-corrected chi connectivity index (χ4v) is 1.69. The molecule has 0 saturated heterocycles. The average molecular weight is 323 g/mol. The van der Waals surface area contributed by atoms with E-state index in [1.54, 1.807) is 6.92 Å². The molecule has 2 amide bonds. The Hall–Kier alpha value is -2.77. The highest BCUT2D eigenvalue weighted by molar-refractivity contribution is 6.13. The van der Waals surface area contributed by atoms with Crippen molar-refractivity contribution in [2.75, 3.05) is 10.6 Å². The number of nitrogens with one attached hydrogen (secondary N) is 2. The van der Waals surface area contributed by atoms with Gasteiger partial charge in [-0.25, -0.2) is 8.78 Å². The molecule has 8 heteroatoms. The molecule has 6 nitrogen and oxygen atoms in total. The van der Waals surface area contributed by atoms with E-state index < -0.39 is 34.6 Å². The summed E-state index contributed by atoms with van der Waals surface area (Å²) < 4.78 is 31.9. The van der Waals surface area contributed by atoms with Crippen molar-refractivity contribution >= 4 is 23.3 Å². The van der Waals surface area contributed by atoms with E-state index >= 15 is 0 Å². The number of amides is 2. The fraction of sp³-hybridized carbons (Fsp3) is 0.267. The maximum atomic E-state index is 13.6. The average Bonchev–Trinajstić information content (AvgIpc) is 2.88. The Balaban J connectivity index is 2.14. The molecule has 0 aliphatic carbocycles. The zero-order chi connectivity index (χ0) is 17.2. The first-order valence-corrected chi connectivity index (χ1v) is 6.72. The summed E-state index contributed by atoms with van der Waals surface area (Å²) in [6, 6.07) is 4.65. The minimum Gasteiger partial charge on any atom is -0.360 e. The highest BCUT2D eigenvalue weighted by Crippen LogP contribution is 2.24. The number of nitrogens with zero attached hydrogens (tertiary/aromatic N) is 1. The van der Waals surface area contributed by atoms with Gasteiger partial charge in [0.1, 0.15) is 28.5 Å². The number of benzene rings is 1. The molecule has 0 aliphatic rings. The van der Waals surface area contributed by atoms with Crippen molar-refractivity contribution in [3.63, 3.8) is 0 Å². The van der Waals surface area contributed by atoms with Crippen LogP contribution < -0.4 is 10.6 Å². The molecule has 1 aromatic heterocycles. The Bertz CT molecular complexity index is 736. The summed E-state index contributed by atoms with van der Waals surface area (Å²) >= 11 is 0. The highest BCUT2D eigenvalue weighted by Gasteiger charge is 2.37. The van der Waals surface area contributed by atoms with Crippen LogP contribution in [-0.2, 0) is 9.59 Å². The Morgan fingerprint density at radius 2 is 1.70 bits per heavy atom. The first-order valence-electron chi connectivity index (χ1n) is 6.72. The molecule has 122 valence electrons. The van der Waals surface area contributed by atoms with Gasteiger partial charge in [0.2, 0.25) is 11.8 Å². The van der Waals surface area contributed by atoms with Crippen molar-refractivity contribution in [3.05, 3.63) is 41.7 Å². The van der Waals surface area contributed by atoms with E-state index in [0.717, 1.165) is 12.1 Å². The van der Waals surface area contributed by atoms with Crippen molar-refractivity contribution < 1.29 is 22.9 Å². The SMILES string of the molecule is Cc1cc(NC(=O)C(C)(C)C(=O)Nc2c(F)cccc2F)no1. The standard InChI is InChI=1S/C15H15F2N3O3/c1-8-7-11(20-23-8)18-13(21)15(2,3)14(22)19-12-9(16)5-4-6-10(12)17/h4-7H,1-3H3,(H,19,22)(H,18,20,21). The van der Waals surface area contributed by atoms with Crippen LogP contribution in [0.5, 0.6) is 0 Å². The van der Waals surface area contributed by atoms with Crippen LogP contribution in [0.2, 0.25) is 0 Å². The Morgan fingerprint density at radius 1 is 1.13 bits per heavy atom. The van der Waals surface area contributed by atoms with E-state index in [9.17, 15) is 18.4 Å². The molecule has 2 rings (SSSR count). The third-order valence-corrected chi connectivity index (χ3v) is 3.21. The third kappa shape index (κ3) is 3.53. The second-order valence-corrected chi connectivity index (χ2v) is 5.45. The van der Waals surface area contributed by atoms with Gasteiger partial charge in [0, 0.05) is 6.07 Å². The molecule has 0 aliphatic heterocycles. The molecule has 0 radical (unpaired) electrons. The predicted molar refractivity (Wildman–Crippen MR) is 78.6 cm³/mol. The van der Waals surface area contributed by atoms with Crippen molar-refractivity contribution in [2.24, 2.45) is 5.41 Å². The number of rotatable bonds is 4. The molecule has 0 atom stereocenters. The van der Waals surface area contributed by atoms with E-state index in [1.807, 2.05) is 0 Å². The summed E-state index contributed by atoms with van der Waals surface area (Å²) in [6.07, 6.45) is 0. The van der Waals surface area contributed by atoms with E-state index in [0.29, 0.717) is 5.76 Å². The van der Waals surface area contributed by atoms with Crippen molar-refractivity contribution in [3.8, 4) is 0 Å². The Labute approximate surface area is 130 Å². The molecule has 1 aromatic carbocycles. The number of hydrogen-bond donors (Lipinski definition) is 2. The van der Waals surface area contributed by atoms with Crippen LogP contribution in [0.4, 0.5) is 20.3 Å². The summed E-state index contributed by atoms with van der Waals surface area (Å²) in [5, 5.41) is 8.09. The lowest BCUT2D eigenvalue weighted by atomic mass is 9.91. The third-order valence-electron chi connectivity index (χ3n) is 3.21. The lowest BCUT2D eigenvalue weighted by Gasteiger charge is -2.22. The summed E-state index contributed by atoms with van der Waals surface area (Å²) in [6.45, 7) is 4.29. The molecule has 2 N–H and O–H groups in total. The normalized spacial score (nSPS) is 11.2. The maximum Gasteiger partial charge on any atom is 0.240 e. The van der Waals surface area contributed by atoms with Crippen LogP contribution in [0, 0.1) is 24.0 Å². The second-order valence-electron chi connectivity index (χ2n) is 5.45. The molecular formula is C15H15F2N3O3. The van der Waals surface area contributed by atoms with E-state index in [4.69, 9.17) is 4.52 Å². The minimum absolute atomic E-state index is 0.144. The summed E-state index contributed by atoms with van der Waals surface area (Å²) in [4.78, 5) is 24.4. The van der Waals surface area contributed by atoms with Crippen molar-refractivity contribution in [1.29, 1.82) is 0 Å². The quantitative estimate of drug-likeness (QED) is 0.847. The van der Waals surface area contributed by atoms with Gasteiger partial charge in [-0.15, -0.1) is 0 Å². The van der Waals surface area contributed by atoms with Crippen LogP contribution in [0.1, 0.15) is 19.6 Å². The number of carbonyl (C=O) groups excluding carboxylic acids is 2. The zero-order valence-corrected chi connectivity index (χ0v) is 12.7. The van der Waals surface area contributed by atoms with E-state index in [-0.39, 0.29) is 5.82 Å². The first kappa shape index (κ1) is 16.6. The van der Waals surface area contributed by atoms with Gasteiger partial charge >= 0.3 is 0 Å². The van der Waals surface area contributed by atoms with Gasteiger partial charge in [-0.3, -0.25) is 9.59 Å². The van der Waals surface area contributed by atoms with Gasteiger partial charge in [-0.2, -0.15) is 0 Å². The Kier molecular flexibility index (Phi) is 4.44. The van der Waals surface area contributed by atoms with Crippen LogP contribution in [0.15, 0.2) is 28.8 Å². The van der Waals surface area contributed by atoms with Gasteiger partial charge in [0.15, 0.2) is 5.82 Å². The summed E-state index contributed by atoms with van der Waals surface area (Å²) in [7, 11) is 0. The smallest absolute Gasteiger partial charge is 0.240 e. The number of halogens is 2. The van der Waals surface area contributed by atoms with E-state index in [2.05, 4.69) is 15.8 Å². The number of aromatic nitrogens is 1. The fourth-order valence-electron chi connectivity index (χ4n) is 1.69.